The maximum Gasteiger partial charge on any atom is 0.224 e. The summed E-state index contributed by atoms with van der Waals surface area (Å²) in [7, 11) is 0. The fraction of sp³-hybridized carbons (Fsp3) is 0.333. The van der Waals surface area contributed by atoms with Gasteiger partial charge in [0.05, 0.1) is 21.8 Å². The minimum Gasteiger partial charge on any atom is -0.376 e. The van der Waals surface area contributed by atoms with Gasteiger partial charge in [-0.15, -0.1) is 0 Å². The van der Waals surface area contributed by atoms with Crippen LogP contribution >= 0.6 is 23.2 Å². The molecule has 2 heterocycles. The van der Waals surface area contributed by atoms with Gasteiger partial charge in [0.25, 0.3) is 0 Å². The van der Waals surface area contributed by atoms with Crippen LogP contribution in [0.4, 0.5) is 17.5 Å². The Hall–Kier alpha value is -1.56. The Labute approximate surface area is 139 Å². The Bertz CT molecular complexity index is 647. The van der Waals surface area contributed by atoms with E-state index < -0.39 is 0 Å². The smallest absolute Gasteiger partial charge is 0.224 e. The zero-order valence-corrected chi connectivity index (χ0v) is 13.4. The molecule has 116 valence electrons. The van der Waals surface area contributed by atoms with Gasteiger partial charge in [0.2, 0.25) is 5.95 Å². The lowest BCUT2D eigenvalue weighted by molar-refractivity contribution is 0.120. The zero-order chi connectivity index (χ0) is 15.4. The average molecular weight is 339 g/mol. The summed E-state index contributed by atoms with van der Waals surface area (Å²) in [6.07, 6.45) is 4.11. The summed E-state index contributed by atoms with van der Waals surface area (Å²) in [4.78, 5) is 8.61. The van der Waals surface area contributed by atoms with Gasteiger partial charge in [0, 0.05) is 19.3 Å². The summed E-state index contributed by atoms with van der Waals surface area (Å²) in [6, 6.07) is 7.18. The Kier molecular flexibility index (Phi) is 4.97. The van der Waals surface area contributed by atoms with Crippen LogP contribution in [0.3, 0.4) is 0 Å². The Morgan fingerprint density at radius 3 is 3.00 bits per heavy atom. The lowest BCUT2D eigenvalue weighted by atomic mass is 10.2. The van der Waals surface area contributed by atoms with Crippen LogP contribution < -0.4 is 10.6 Å². The van der Waals surface area contributed by atoms with E-state index in [0.717, 1.165) is 19.4 Å². The summed E-state index contributed by atoms with van der Waals surface area (Å²) in [6.45, 7) is 1.55. The van der Waals surface area contributed by atoms with E-state index in [9.17, 15) is 0 Å². The SMILES string of the molecule is Clc1cccc(Nc2ccnc(NCC3CCCO3)n2)c1Cl. The number of ether oxygens (including phenoxy) is 1. The number of nitrogens with zero attached hydrogens (tertiary/aromatic N) is 2. The first-order valence-electron chi connectivity index (χ1n) is 7.12. The minimum atomic E-state index is 0.239. The molecule has 0 bridgehead atoms. The van der Waals surface area contributed by atoms with Crippen LogP contribution in [-0.4, -0.2) is 29.2 Å². The molecule has 1 fully saturated rings. The van der Waals surface area contributed by atoms with Gasteiger partial charge in [-0.1, -0.05) is 29.3 Å². The molecule has 1 aromatic carbocycles. The van der Waals surface area contributed by atoms with E-state index in [2.05, 4.69) is 20.6 Å². The molecule has 7 heteroatoms. The minimum absolute atomic E-state index is 0.239. The zero-order valence-electron chi connectivity index (χ0n) is 11.9. The fourth-order valence-electron chi connectivity index (χ4n) is 2.26. The maximum atomic E-state index is 6.16. The second-order valence-electron chi connectivity index (χ2n) is 5.01. The van der Waals surface area contributed by atoms with Crippen molar-refractivity contribution in [3.8, 4) is 0 Å². The molecule has 1 aliphatic heterocycles. The van der Waals surface area contributed by atoms with Gasteiger partial charge in [-0.2, -0.15) is 4.98 Å². The first-order chi connectivity index (χ1) is 10.7. The lowest BCUT2D eigenvalue weighted by Gasteiger charge is -2.12. The van der Waals surface area contributed by atoms with Gasteiger partial charge in [-0.25, -0.2) is 4.98 Å². The predicted octanol–water partition coefficient (Wildman–Crippen LogP) is 4.12. The van der Waals surface area contributed by atoms with Crippen molar-refractivity contribution in [1.82, 2.24) is 9.97 Å². The Balaban J connectivity index is 1.66. The number of hydrogen-bond acceptors (Lipinski definition) is 5. The summed E-state index contributed by atoms with van der Waals surface area (Å²) in [5.41, 5.74) is 0.706. The summed E-state index contributed by atoms with van der Waals surface area (Å²) >= 11 is 12.2. The van der Waals surface area contributed by atoms with Gasteiger partial charge < -0.3 is 15.4 Å². The Morgan fingerprint density at radius 2 is 2.18 bits per heavy atom. The van der Waals surface area contributed by atoms with Crippen molar-refractivity contribution >= 4 is 40.7 Å². The van der Waals surface area contributed by atoms with Crippen LogP contribution in [0.5, 0.6) is 0 Å². The molecular formula is C15H16Cl2N4O. The largest absolute Gasteiger partial charge is 0.376 e. The van der Waals surface area contributed by atoms with Crippen LogP contribution in [0.2, 0.25) is 10.0 Å². The van der Waals surface area contributed by atoms with Gasteiger partial charge in [-0.3, -0.25) is 0 Å². The normalized spacial score (nSPS) is 17.5. The van der Waals surface area contributed by atoms with E-state index in [4.69, 9.17) is 27.9 Å². The summed E-state index contributed by atoms with van der Waals surface area (Å²) < 4.78 is 5.56. The molecule has 1 saturated heterocycles. The molecule has 0 amide bonds. The van der Waals surface area contributed by atoms with Crippen molar-refractivity contribution < 1.29 is 4.74 Å². The maximum absolute atomic E-state index is 6.16. The highest BCUT2D eigenvalue weighted by molar-refractivity contribution is 6.43. The summed E-state index contributed by atoms with van der Waals surface area (Å²) in [5, 5.41) is 7.30. The molecule has 0 radical (unpaired) electrons. The van der Waals surface area contributed by atoms with Crippen LogP contribution in [0.15, 0.2) is 30.5 Å². The highest BCUT2D eigenvalue weighted by atomic mass is 35.5. The van der Waals surface area contributed by atoms with Gasteiger partial charge in [0.1, 0.15) is 5.82 Å². The third kappa shape index (κ3) is 3.80. The topological polar surface area (TPSA) is 59.1 Å². The second kappa shape index (κ2) is 7.13. The number of halogens is 2. The van der Waals surface area contributed by atoms with Gasteiger partial charge in [-0.05, 0) is 31.0 Å². The van der Waals surface area contributed by atoms with E-state index in [-0.39, 0.29) is 6.10 Å². The number of aromatic nitrogens is 2. The third-order valence-electron chi connectivity index (χ3n) is 3.38. The predicted molar refractivity (Wildman–Crippen MR) is 89.2 cm³/mol. The van der Waals surface area contributed by atoms with Crippen LogP contribution in [-0.2, 0) is 4.74 Å². The molecule has 5 nitrogen and oxygen atoms in total. The third-order valence-corrected chi connectivity index (χ3v) is 4.20. The van der Waals surface area contributed by atoms with E-state index in [1.807, 2.05) is 12.1 Å². The first kappa shape index (κ1) is 15.3. The lowest BCUT2D eigenvalue weighted by Crippen LogP contribution is -2.19. The average Bonchev–Trinajstić information content (AvgIpc) is 3.04. The van der Waals surface area contributed by atoms with Crippen molar-refractivity contribution in [2.45, 2.75) is 18.9 Å². The van der Waals surface area contributed by atoms with Crippen molar-refractivity contribution in [2.24, 2.45) is 0 Å². The van der Waals surface area contributed by atoms with E-state index in [1.54, 1.807) is 18.3 Å². The highest BCUT2D eigenvalue weighted by Crippen LogP contribution is 2.31. The quantitative estimate of drug-likeness (QED) is 0.858. The van der Waals surface area contributed by atoms with Crippen LogP contribution in [0.25, 0.3) is 0 Å². The number of benzene rings is 1. The van der Waals surface area contributed by atoms with E-state index >= 15 is 0 Å². The van der Waals surface area contributed by atoms with Gasteiger partial charge >= 0.3 is 0 Å². The van der Waals surface area contributed by atoms with Crippen LogP contribution in [0, 0.1) is 0 Å². The molecule has 1 aromatic heterocycles. The number of nitrogens with one attached hydrogen (secondary N) is 2. The van der Waals surface area contributed by atoms with E-state index in [0.29, 0.717) is 34.0 Å². The first-order valence-corrected chi connectivity index (χ1v) is 7.87. The van der Waals surface area contributed by atoms with Crippen molar-refractivity contribution in [3.05, 3.63) is 40.5 Å². The Morgan fingerprint density at radius 1 is 1.27 bits per heavy atom. The molecule has 2 aromatic rings. The molecule has 1 atom stereocenters. The van der Waals surface area contributed by atoms with E-state index in [1.165, 1.54) is 0 Å². The molecule has 0 saturated carbocycles. The molecule has 3 rings (SSSR count). The summed E-state index contributed by atoms with van der Waals surface area (Å²) in [5.74, 6) is 1.20. The number of anilines is 3. The number of hydrogen-bond donors (Lipinski definition) is 2. The molecule has 2 N–H and O–H groups in total. The molecule has 22 heavy (non-hydrogen) atoms. The van der Waals surface area contributed by atoms with Crippen molar-refractivity contribution in [2.75, 3.05) is 23.8 Å². The van der Waals surface area contributed by atoms with Crippen molar-refractivity contribution in [3.63, 3.8) is 0 Å². The van der Waals surface area contributed by atoms with Gasteiger partial charge in [0.15, 0.2) is 0 Å². The standard InChI is InChI=1S/C15H16Cl2N4O/c16-11-4-1-5-12(14(11)17)20-13-6-7-18-15(21-13)19-9-10-3-2-8-22-10/h1,4-7,10H,2-3,8-9H2,(H2,18,19,20,21). The molecule has 1 aliphatic rings. The van der Waals surface area contributed by atoms with Crippen LogP contribution in [0.1, 0.15) is 12.8 Å². The molecule has 0 spiro atoms. The molecular weight excluding hydrogens is 323 g/mol. The fourth-order valence-corrected chi connectivity index (χ4v) is 2.61. The van der Waals surface area contributed by atoms with Crippen molar-refractivity contribution in [1.29, 1.82) is 0 Å². The number of rotatable bonds is 5. The highest BCUT2D eigenvalue weighted by Gasteiger charge is 2.15. The molecule has 0 aliphatic carbocycles. The monoisotopic (exact) mass is 338 g/mol. The second-order valence-corrected chi connectivity index (χ2v) is 5.79. The molecule has 1 unspecified atom stereocenters.